The quantitative estimate of drug-likeness (QED) is 0.859. The minimum atomic E-state index is -4.51. The van der Waals surface area contributed by atoms with E-state index in [2.05, 4.69) is 5.32 Å². The Morgan fingerprint density at radius 2 is 1.72 bits per heavy atom. The summed E-state index contributed by atoms with van der Waals surface area (Å²) in [4.78, 5) is 12.0. The van der Waals surface area contributed by atoms with Gasteiger partial charge in [-0.15, -0.1) is 0 Å². The Morgan fingerprint density at radius 1 is 1.08 bits per heavy atom. The van der Waals surface area contributed by atoms with Crippen LogP contribution in [0.5, 0.6) is 0 Å². The number of ether oxygens (including phenoxy) is 1. The molecule has 1 atom stereocenters. The predicted octanol–water partition coefficient (Wildman–Crippen LogP) is 3.84. The molecule has 1 amide bonds. The zero-order valence-electron chi connectivity index (χ0n) is 13.5. The van der Waals surface area contributed by atoms with Crippen molar-refractivity contribution in [1.29, 1.82) is 0 Å². The van der Waals surface area contributed by atoms with E-state index in [1.54, 1.807) is 24.3 Å². The molecule has 0 fully saturated rings. The maximum Gasteiger partial charge on any atom is 0.416 e. The molecule has 2 aromatic carbocycles. The van der Waals surface area contributed by atoms with Gasteiger partial charge in [-0.3, -0.25) is 0 Å². The molecule has 134 valence electrons. The van der Waals surface area contributed by atoms with Crippen molar-refractivity contribution in [3.63, 3.8) is 0 Å². The smallest absolute Gasteiger partial charge is 0.416 e. The average Bonchev–Trinajstić information content (AvgIpc) is 2.60. The third-order valence-electron chi connectivity index (χ3n) is 3.73. The molecule has 1 unspecified atom stereocenters. The first-order valence-electron chi connectivity index (χ1n) is 7.52. The summed E-state index contributed by atoms with van der Waals surface area (Å²) in [5.41, 5.74) is -1.37. The highest BCUT2D eigenvalue weighted by molar-refractivity contribution is 5.68. The molecule has 0 saturated carbocycles. The highest BCUT2D eigenvalue weighted by Gasteiger charge is 2.34. The number of carbonyl (C=O) groups excluding carboxylic acids is 1. The summed E-state index contributed by atoms with van der Waals surface area (Å²) >= 11 is 0. The number of alkyl halides is 3. The highest BCUT2D eigenvalue weighted by atomic mass is 19.4. The van der Waals surface area contributed by atoms with Crippen LogP contribution in [0.4, 0.5) is 18.0 Å². The second-order valence-corrected chi connectivity index (χ2v) is 5.76. The number of alkyl carbamates (subject to hydrolysis) is 1. The Hall–Kier alpha value is -2.54. The maximum atomic E-state index is 12.9. The van der Waals surface area contributed by atoms with Crippen LogP contribution in [0, 0.1) is 0 Å². The number of benzene rings is 2. The third-order valence-corrected chi connectivity index (χ3v) is 3.73. The Labute approximate surface area is 143 Å². The Kier molecular flexibility index (Phi) is 5.69. The summed E-state index contributed by atoms with van der Waals surface area (Å²) < 4.78 is 43.6. The van der Waals surface area contributed by atoms with E-state index >= 15 is 0 Å². The first-order valence-corrected chi connectivity index (χ1v) is 7.52. The van der Waals surface area contributed by atoms with Crippen LogP contribution in [0.25, 0.3) is 0 Å². The van der Waals surface area contributed by atoms with Gasteiger partial charge in [0.15, 0.2) is 0 Å². The molecule has 2 N–H and O–H groups in total. The maximum absolute atomic E-state index is 12.9. The number of carbonyl (C=O) groups is 1. The predicted molar refractivity (Wildman–Crippen MR) is 85.6 cm³/mol. The van der Waals surface area contributed by atoms with Gasteiger partial charge in [0.1, 0.15) is 6.61 Å². The van der Waals surface area contributed by atoms with Crippen LogP contribution < -0.4 is 5.32 Å². The molecule has 0 aliphatic heterocycles. The van der Waals surface area contributed by atoms with Crippen LogP contribution in [0.2, 0.25) is 0 Å². The van der Waals surface area contributed by atoms with E-state index in [1.807, 2.05) is 6.07 Å². The summed E-state index contributed by atoms with van der Waals surface area (Å²) in [5.74, 6) is 0. The van der Waals surface area contributed by atoms with E-state index < -0.39 is 30.0 Å². The number of rotatable bonds is 5. The minimum Gasteiger partial charge on any atom is -0.445 e. The lowest BCUT2D eigenvalue weighted by molar-refractivity contribution is -0.137. The van der Waals surface area contributed by atoms with E-state index in [4.69, 9.17) is 4.74 Å². The van der Waals surface area contributed by atoms with E-state index in [0.29, 0.717) is 0 Å². The lowest BCUT2D eigenvalue weighted by Crippen LogP contribution is -2.46. The second kappa shape index (κ2) is 7.57. The van der Waals surface area contributed by atoms with Gasteiger partial charge >= 0.3 is 12.3 Å². The average molecular weight is 353 g/mol. The second-order valence-electron chi connectivity index (χ2n) is 5.76. The molecule has 25 heavy (non-hydrogen) atoms. The number of aliphatic hydroxyl groups is 1. The summed E-state index contributed by atoms with van der Waals surface area (Å²) in [7, 11) is 0. The van der Waals surface area contributed by atoms with Gasteiger partial charge in [-0.25, -0.2) is 4.79 Å². The van der Waals surface area contributed by atoms with E-state index in [0.717, 1.165) is 17.7 Å². The first kappa shape index (κ1) is 18.8. The molecule has 0 bridgehead atoms. The highest BCUT2D eigenvalue weighted by Crippen LogP contribution is 2.32. The molecule has 0 radical (unpaired) electrons. The van der Waals surface area contributed by atoms with Crippen LogP contribution in [0.1, 0.15) is 23.6 Å². The fraction of sp³-hybridized carbons (Fsp3) is 0.278. The molecule has 0 aromatic heterocycles. The third kappa shape index (κ3) is 4.96. The van der Waals surface area contributed by atoms with Crippen molar-refractivity contribution >= 4 is 6.09 Å². The van der Waals surface area contributed by atoms with Gasteiger partial charge in [-0.1, -0.05) is 42.5 Å². The van der Waals surface area contributed by atoms with Gasteiger partial charge in [0.25, 0.3) is 0 Å². The van der Waals surface area contributed by atoms with Gasteiger partial charge < -0.3 is 15.2 Å². The first-order chi connectivity index (χ1) is 11.7. The molecule has 2 aromatic rings. The zero-order chi connectivity index (χ0) is 18.5. The molecule has 2 rings (SSSR count). The number of halogens is 3. The molecule has 0 spiro atoms. The SMILES string of the molecule is CC(CO)(NC(=O)OCc1ccccc1)c1cccc(C(F)(F)F)c1. The van der Waals surface area contributed by atoms with Crippen molar-refractivity contribution in [2.24, 2.45) is 0 Å². The van der Waals surface area contributed by atoms with Crippen molar-refractivity contribution < 1.29 is 27.8 Å². The lowest BCUT2D eigenvalue weighted by atomic mass is 9.91. The van der Waals surface area contributed by atoms with Crippen LogP contribution in [-0.2, 0) is 23.1 Å². The number of nitrogens with one attached hydrogen (secondary N) is 1. The monoisotopic (exact) mass is 353 g/mol. The Bertz CT molecular complexity index is 719. The van der Waals surface area contributed by atoms with Gasteiger partial charge in [0.05, 0.1) is 17.7 Å². The van der Waals surface area contributed by atoms with Crippen molar-refractivity contribution in [1.82, 2.24) is 5.32 Å². The van der Waals surface area contributed by atoms with Gasteiger partial charge in [-0.05, 0) is 30.2 Å². The van der Waals surface area contributed by atoms with Crippen molar-refractivity contribution in [2.75, 3.05) is 6.61 Å². The molecule has 0 aliphatic carbocycles. The molecular weight excluding hydrogens is 335 g/mol. The van der Waals surface area contributed by atoms with E-state index in [1.165, 1.54) is 19.1 Å². The summed E-state index contributed by atoms with van der Waals surface area (Å²) in [5, 5.41) is 12.0. The molecule has 0 saturated heterocycles. The van der Waals surface area contributed by atoms with Crippen molar-refractivity contribution in [3.8, 4) is 0 Å². The minimum absolute atomic E-state index is 0.0107. The van der Waals surface area contributed by atoms with Gasteiger partial charge in [-0.2, -0.15) is 13.2 Å². The largest absolute Gasteiger partial charge is 0.445 e. The number of hydrogen-bond acceptors (Lipinski definition) is 3. The summed E-state index contributed by atoms with van der Waals surface area (Å²) in [6.45, 7) is 0.845. The van der Waals surface area contributed by atoms with Gasteiger partial charge in [0.2, 0.25) is 0 Å². The molecule has 7 heteroatoms. The van der Waals surface area contributed by atoms with Crippen LogP contribution in [-0.4, -0.2) is 17.8 Å². The fourth-order valence-electron chi connectivity index (χ4n) is 2.23. The van der Waals surface area contributed by atoms with Crippen LogP contribution in [0.3, 0.4) is 0 Å². The number of aliphatic hydroxyl groups excluding tert-OH is 1. The van der Waals surface area contributed by atoms with E-state index in [-0.39, 0.29) is 12.2 Å². The molecule has 0 aliphatic rings. The summed E-state index contributed by atoms with van der Waals surface area (Å²) in [6, 6.07) is 13.4. The van der Waals surface area contributed by atoms with Crippen molar-refractivity contribution in [3.05, 3.63) is 71.3 Å². The van der Waals surface area contributed by atoms with Crippen LogP contribution >= 0.6 is 0 Å². The zero-order valence-corrected chi connectivity index (χ0v) is 13.5. The number of hydrogen-bond donors (Lipinski definition) is 2. The topological polar surface area (TPSA) is 58.6 Å². The van der Waals surface area contributed by atoms with Gasteiger partial charge in [0, 0.05) is 0 Å². The Balaban J connectivity index is 2.10. The molecular formula is C18H18F3NO3. The van der Waals surface area contributed by atoms with E-state index in [9.17, 15) is 23.1 Å². The van der Waals surface area contributed by atoms with Crippen molar-refractivity contribution in [2.45, 2.75) is 25.2 Å². The normalized spacial score (nSPS) is 13.8. The standard InChI is InChI=1S/C18H18F3NO3/c1-17(12-23,14-8-5-9-15(10-14)18(19,20)21)22-16(24)25-11-13-6-3-2-4-7-13/h2-10,23H,11-12H2,1H3,(H,22,24). The molecule has 4 nitrogen and oxygen atoms in total. The van der Waals surface area contributed by atoms with Crippen LogP contribution in [0.15, 0.2) is 54.6 Å². The Morgan fingerprint density at radius 3 is 2.32 bits per heavy atom. The molecule has 0 heterocycles. The summed E-state index contributed by atoms with van der Waals surface area (Å²) in [6.07, 6.45) is -5.35. The lowest BCUT2D eigenvalue weighted by Gasteiger charge is -2.29. The number of amides is 1. The fourth-order valence-corrected chi connectivity index (χ4v) is 2.23.